The van der Waals surface area contributed by atoms with Crippen LogP contribution in [-0.4, -0.2) is 24.1 Å². The lowest BCUT2D eigenvalue weighted by atomic mass is 9.98. The highest BCUT2D eigenvalue weighted by Crippen LogP contribution is 2.44. The van der Waals surface area contributed by atoms with E-state index in [2.05, 4.69) is 75.9 Å². The summed E-state index contributed by atoms with van der Waals surface area (Å²) in [7, 11) is 0. The van der Waals surface area contributed by atoms with Crippen molar-refractivity contribution in [2.45, 2.75) is 0 Å². The van der Waals surface area contributed by atoms with E-state index in [1.807, 2.05) is 103 Å². The Morgan fingerprint density at radius 1 is 0.381 bits per heavy atom. The van der Waals surface area contributed by atoms with E-state index >= 15 is 0 Å². The fraction of sp³-hybridized carbons (Fsp3) is 0. The molecule has 5 nitrogen and oxygen atoms in total. The number of thiophene rings is 1. The number of fused-ring (bicyclic) bond motifs is 9. The summed E-state index contributed by atoms with van der Waals surface area (Å²) in [4.78, 5) is 15.7. The van der Waals surface area contributed by atoms with Gasteiger partial charge in [0, 0.05) is 64.0 Å². The second kappa shape index (κ2) is 14.2. The molecule has 0 fully saturated rings. The minimum atomic E-state index is -0.299. The van der Waals surface area contributed by atoms with Gasteiger partial charge in [-0.2, -0.15) is 9.97 Å². The first-order valence-corrected chi connectivity index (χ1v) is 21.5. The van der Waals surface area contributed by atoms with Crippen LogP contribution in [0.15, 0.2) is 212 Å². The molecule has 6 heteroatoms. The van der Waals surface area contributed by atoms with Gasteiger partial charge in [0.2, 0.25) is 5.95 Å². The third-order valence-electron chi connectivity index (χ3n) is 12.0. The maximum atomic E-state index is 9.59. The topological polar surface area (TPSA) is 48.5 Å². The maximum Gasteiger partial charge on any atom is 0.238 e. The molecule has 63 heavy (non-hydrogen) atoms. The molecular formula is C57H35N5S. The Morgan fingerprint density at radius 3 is 1.70 bits per heavy atom. The van der Waals surface area contributed by atoms with Gasteiger partial charge in [-0.15, -0.1) is 11.3 Å². The summed E-state index contributed by atoms with van der Waals surface area (Å²) < 4.78 is 59.5. The van der Waals surface area contributed by atoms with Crippen molar-refractivity contribution in [2.24, 2.45) is 0 Å². The number of hydrogen-bond acceptors (Lipinski definition) is 4. The molecule has 0 N–H and O–H groups in total. The molecule has 0 aliphatic rings. The predicted molar refractivity (Wildman–Crippen MR) is 263 cm³/mol. The molecule has 9 aromatic carbocycles. The second-order valence-corrected chi connectivity index (χ2v) is 16.5. The summed E-state index contributed by atoms with van der Waals surface area (Å²) in [5.74, 6) is 1.35. The zero-order valence-electron chi connectivity index (χ0n) is 39.4. The molecule has 0 atom stereocenters. The van der Waals surface area contributed by atoms with Gasteiger partial charge < -0.3 is 4.57 Å². The lowest BCUT2D eigenvalue weighted by molar-refractivity contribution is 0.953. The van der Waals surface area contributed by atoms with Gasteiger partial charge >= 0.3 is 0 Å². The number of benzene rings is 9. The zero-order valence-corrected chi connectivity index (χ0v) is 34.2. The molecule has 13 aromatic rings. The van der Waals surface area contributed by atoms with Crippen LogP contribution in [0.4, 0.5) is 0 Å². The standard InChI is InChI=1S/C57H35N5S/c1-3-16-36(17-4-1)38-31-33-51-47(34-38)42-22-9-13-28-50(42)62(51)57-59-55(37-18-5-2-6-19-37)58-56(60-57)39-30-32-43(45-24-15-25-46-44-23-10-14-29-53(44)63-54(45)46)52(35-39)61-48-26-11-7-20-40(48)41-21-8-12-27-49(41)61/h1-35H/i10D,15D,23D,24D,25D,29D. The summed E-state index contributed by atoms with van der Waals surface area (Å²) in [6, 6.07) is 57.8. The summed E-state index contributed by atoms with van der Waals surface area (Å²) in [6.45, 7) is 0. The highest BCUT2D eigenvalue weighted by atomic mass is 32.1. The molecule has 0 saturated heterocycles. The van der Waals surface area contributed by atoms with Crippen molar-refractivity contribution in [1.29, 1.82) is 0 Å². The van der Waals surface area contributed by atoms with Crippen molar-refractivity contribution in [3.05, 3.63) is 212 Å². The van der Waals surface area contributed by atoms with Gasteiger partial charge in [-0.25, -0.2) is 4.98 Å². The van der Waals surface area contributed by atoms with Crippen molar-refractivity contribution < 1.29 is 8.22 Å². The second-order valence-electron chi connectivity index (χ2n) is 15.5. The Labute approximate surface area is 374 Å². The summed E-state index contributed by atoms with van der Waals surface area (Å²) in [5.41, 5.74) is 9.13. The Kier molecular flexibility index (Phi) is 6.75. The third-order valence-corrected chi connectivity index (χ3v) is 13.1. The maximum absolute atomic E-state index is 9.59. The lowest BCUT2D eigenvalue weighted by Crippen LogP contribution is -2.07. The van der Waals surface area contributed by atoms with Crippen molar-refractivity contribution in [2.75, 3.05) is 0 Å². The van der Waals surface area contributed by atoms with E-state index in [1.165, 1.54) is 17.4 Å². The smallest absolute Gasteiger partial charge is 0.238 e. The zero-order chi connectivity index (χ0) is 46.7. The van der Waals surface area contributed by atoms with E-state index in [-0.39, 0.29) is 41.6 Å². The van der Waals surface area contributed by atoms with Gasteiger partial charge in [0.15, 0.2) is 11.6 Å². The van der Waals surface area contributed by atoms with Crippen LogP contribution in [0.25, 0.3) is 120 Å². The molecule has 13 rings (SSSR count). The van der Waals surface area contributed by atoms with Crippen LogP contribution < -0.4 is 0 Å². The van der Waals surface area contributed by atoms with E-state index in [9.17, 15) is 2.74 Å². The van der Waals surface area contributed by atoms with Gasteiger partial charge in [0.25, 0.3) is 0 Å². The first-order chi connectivity index (χ1) is 33.7. The highest BCUT2D eigenvalue weighted by molar-refractivity contribution is 7.26. The molecule has 0 spiro atoms. The summed E-state index contributed by atoms with van der Waals surface area (Å²) in [6.07, 6.45) is 0. The number of hydrogen-bond donors (Lipinski definition) is 0. The normalized spacial score (nSPS) is 13.1. The van der Waals surface area contributed by atoms with Crippen LogP contribution in [0, 0.1) is 0 Å². The molecule has 0 saturated carbocycles. The number of para-hydroxylation sites is 3. The molecule has 294 valence electrons. The van der Waals surface area contributed by atoms with Crippen molar-refractivity contribution >= 4 is 75.1 Å². The van der Waals surface area contributed by atoms with Crippen LogP contribution in [0.5, 0.6) is 0 Å². The third kappa shape index (κ3) is 5.66. The van der Waals surface area contributed by atoms with E-state index in [0.717, 1.165) is 60.3 Å². The Balaban J connectivity index is 1.12. The number of aromatic nitrogens is 5. The van der Waals surface area contributed by atoms with Gasteiger partial charge in [-0.1, -0.05) is 170 Å². The minimum Gasteiger partial charge on any atom is -0.309 e. The largest absolute Gasteiger partial charge is 0.309 e. The average molecular weight is 828 g/mol. The van der Waals surface area contributed by atoms with Crippen molar-refractivity contribution in [3.63, 3.8) is 0 Å². The Morgan fingerprint density at radius 2 is 0.968 bits per heavy atom. The van der Waals surface area contributed by atoms with E-state index in [4.69, 9.17) is 20.4 Å². The van der Waals surface area contributed by atoms with Crippen LogP contribution >= 0.6 is 11.3 Å². The van der Waals surface area contributed by atoms with Crippen LogP contribution in [0.1, 0.15) is 8.22 Å². The van der Waals surface area contributed by atoms with Crippen LogP contribution in [0.3, 0.4) is 0 Å². The van der Waals surface area contributed by atoms with Gasteiger partial charge in [-0.3, -0.25) is 4.57 Å². The molecule has 0 amide bonds. The molecule has 4 heterocycles. The number of nitrogens with zero attached hydrogens (tertiary/aromatic N) is 5. The lowest BCUT2D eigenvalue weighted by Gasteiger charge is -2.17. The first-order valence-electron chi connectivity index (χ1n) is 23.7. The molecule has 0 bridgehead atoms. The van der Waals surface area contributed by atoms with E-state index in [1.54, 1.807) is 0 Å². The minimum absolute atomic E-state index is 0.0633. The first kappa shape index (κ1) is 29.9. The Bertz CT molecular complexity index is 4220. The fourth-order valence-corrected chi connectivity index (χ4v) is 10.2. The van der Waals surface area contributed by atoms with Gasteiger partial charge in [0.05, 0.1) is 36.0 Å². The van der Waals surface area contributed by atoms with E-state index < -0.39 is 0 Å². The predicted octanol–water partition coefficient (Wildman–Crippen LogP) is 15.1. The Hall–Kier alpha value is -8.19. The van der Waals surface area contributed by atoms with Gasteiger partial charge in [-0.05, 0) is 53.6 Å². The van der Waals surface area contributed by atoms with Crippen LogP contribution in [-0.2, 0) is 0 Å². The fourth-order valence-electron chi connectivity index (χ4n) is 9.12. The molecule has 0 aliphatic heterocycles. The number of rotatable bonds is 6. The molecular weight excluding hydrogens is 787 g/mol. The molecule has 0 radical (unpaired) electrons. The quantitative estimate of drug-likeness (QED) is 0.168. The molecule has 4 aromatic heterocycles. The monoisotopic (exact) mass is 827 g/mol. The average Bonchev–Trinajstić information content (AvgIpc) is 4.07. The molecule has 0 unspecified atom stereocenters. The van der Waals surface area contributed by atoms with E-state index in [0.29, 0.717) is 54.8 Å². The SMILES string of the molecule is [2H]c1cc([2H])c2sc3c(-c4ccc(-c5nc(-c6ccccc6)nc(-n6c7ccccc7c7cc(-c8ccccc8)ccc76)n5)cc4-n4c5ccccc5c5ccccc54)c([2H])c([2H])c([2H])c3c2c1[2H]. The summed E-state index contributed by atoms with van der Waals surface area (Å²) in [5, 5.41) is 4.77. The van der Waals surface area contributed by atoms with Crippen molar-refractivity contribution in [3.8, 4) is 56.7 Å². The van der Waals surface area contributed by atoms with Crippen molar-refractivity contribution in [1.82, 2.24) is 24.1 Å². The summed E-state index contributed by atoms with van der Waals surface area (Å²) >= 11 is 1.23. The van der Waals surface area contributed by atoms with Gasteiger partial charge in [0.1, 0.15) is 0 Å². The molecule has 0 aliphatic carbocycles. The van der Waals surface area contributed by atoms with Crippen LogP contribution in [0.2, 0.25) is 0 Å². The highest BCUT2D eigenvalue weighted by Gasteiger charge is 2.22.